The Morgan fingerprint density at radius 3 is 2.29 bits per heavy atom. The maximum absolute atomic E-state index is 13.4. The summed E-state index contributed by atoms with van der Waals surface area (Å²) >= 11 is 1.46. The predicted octanol–water partition coefficient (Wildman–Crippen LogP) is 6.68. The van der Waals surface area contributed by atoms with E-state index in [0.717, 1.165) is 26.4 Å². The van der Waals surface area contributed by atoms with Gasteiger partial charge in [0.2, 0.25) is 0 Å². The normalized spacial score (nSPS) is 17.6. The number of nitrogens with zero attached hydrogens (tertiary/aromatic N) is 1. The second-order valence-electron chi connectivity index (χ2n) is 8.24. The summed E-state index contributed by atoms with van der Waals surface area (Å²) in [5.74, 6) is -1.49. The van der Waals surface area contributed by atoms with Gasteiger partial charge in [-0.15, -0.1) is 11.3 Å². The number of carbonyl (C=O) groups excluding carboxylic acids is 2. The largest absolute Gasteiger partial charge is 0.507 e. The van der Waals surface area contributed by atoms with E-state index in [1.807, 2.05) is 96.4 Å². The first-order chi connectivity index (χ1) is 16.6. The lowest BCUT2D eigenvalue weighted by molar-refractivity contribution is -0.132. The van der Waals surface area contributed by atoms with Gasteiger partial charge in [0.15, 0.2) is 0 Å². The minimum atomic E-state index is -0.711. The summed E-state index contributed by atoms with van der Waals surface area (Å²) in [7, 11) is 0. The third-order valence-electron chi connectivity index (χ3n) is 6.31. The molecule has 5 heteroatoms. The first-order valence-corrected chi connectivity index (χ1v) is 11.8. The highest BCUT2D eigenvalue weighted by atomic mass is 32.1. The smallest absolute Gasteiger partial charge is 0.300 e. The number of fused-ring (bicyclic) bond motifs is 2. The van der Waals surface area contributed by atoms with Crippen LogP contribution in [0.2, 0.25) is 0 Å². The van der Waals surface area contributed by atoms with Gasteiger partial charge in [0.1, 0.15) is 11.8 Å². The molecule has 164 valence electrons. The zero-order valence-electron chi connectivity index (χ0n) is 18.0. The average molecular weight is 462 g/mol. The number of anilines is 1. The van der Waals surface area contributed by atoms with E-state index in [2.05, 4.69) is 0 Å². The second-order valence-corrected chi connectivity index (χ2v) is 9.22. The van der Waals surface area contributed by atoms with E-state index in [-0.39, 0.29) is 11.3 Å². The van der Waals surface area contributed by atoms with E-state index in [0.29, 0.717) is 11.3 Å². The highest BCUT2D eigenvalue weighted by Gasteiger charge is 2.47. The molecule has 1 fully saturated rings. The van der Waals surface area contributed by atoms with Crippen molar-refractivity contribution >= 4 is 56.0 Å². The van der Waals surface area contributed by atoms with Crippen molar-refractivity contribution in [2.24, 2.45) is 0 Å². The number of rotatable bonds is 3. The van der Waals surface area contributed by atoms with Crippen LogP contribution in [0, 0.1) is 0 Å². The molecule has 5 aromatic rings. The van der Waals surface area contributed by atoms with Crippen LogP contribution in [0.4, 0.5) is 5.69 Å². The van der Waals surface area contributed by atoms with Gasteiger partial charge in [-0.3, -0.25) is 14.5 Å². The van der Waals surface area contributed by atoms with Crippen LogP contribution < -0.4 is 4.90 Å². The van der Waals surface area contributed by atoms with Gasteiger partial charge in [-0.05, 0) is 39.7 Å². The van der Waals surface area contributed by atoms with Crippen molar-refractivity contribution in [1.29, 1.82) is 0 Å². The van der Waals surface area contributed by atoms with Crippen LogP contribution in [0.5, 0.6) is 0 Å². The van der Waals surface area contributed by atoms with Gasteiger partial charge >= 0.3 is 0 Å². The number of hydrogen-bond donors (Lipinski definition) is 1. The van der Waals surface area contributed by atoms with Crippen LogP contribution in [0.25, 0.3) is 27.3 Å². The lowest BCUT2D eigenvalue weighted by Crippen LogP contribution is -2.29. The summed E-state index contributed by atoms with van der Waals surface area (Å²) in [5, 5.41) is 17.1. The third-order valence-corrected chi connectivity index (χ3v) is 7.23. The minimum absolute atomic E-state index is 0.107. The summed E-state index contributed by atoms with van der Waals surface area (Å²) in [4.78, 5) is 29.2. The molecule has 1 amide bonds. The number of aliphatic hydroxyl groups excluding tert-OH is 1. The van der Waals surface area contributed by atoms with E-state index in [9.17, 15) is 14.7 Å². The fourth-order valence-electron chi connectivity index (χ4n) is 4.71. The Balaban J connectivity index is 1.59. The van der Waals surface area contributed by atoms with E-state index < -0.39 is 17.7 Å². The first kappa shape index (κ1) is 20.4. The molecule has 0 bridgehead atoms. The van der Waals surface area contributed by atoms with Crippen LogP contribution >= 0.6 is 11.3 Å². The number of carbonyl (C=O) groups is 2. The summed E-state index contributed by atoms with van der Waals surface area (Å²) in [5.41, 5.74) is 1.27. The number of aliphatic hydroxyl groups is 1. The van der Waals surface area contributed by atoms with Crippen molar-refractivity contribution in [2.45, 2.75) is 6.04 Å². The van der Waals surface area contributed by atoms with Gasteiger partial charge in [-0.1, -0.05) is 78.9 Å². The van der Waals surface area contributed by atoms with Crippen molar-refractivity contribution in [2.75, 3.05) is 4.90 Å². The maximum Gasteiger partial charge on any atom is 0.300 e. The molecular weight excluding hydrogens is 442 g/mol. The predicted molar refractivity (Wildman–Crippen MR) is 137 cm³/mol. The number of Topliss-reactive ketones (excluding diaryl/α,β-unsaturated/α-hetero) is 1. The Labute approximate surface area is 200 Å². The van der Waals surface area contributed by atoms with Crippen molar-refractivity contribution in [3.8, 4) is 0 Å². The van der Waals surface area contributed by atoms with Crippen molar-refractivity contribution < 1.29 is 14.7 Å². The molecule has 0 aliphatic carbocycles. The molecule has 0 saturated carbocycles. The van der Waals surface area contributed by atoms with Gasteiger partial charge in [-0.2, -0.15) is 0 Å². The van der Waals surface area contributed by atoms with E-state index in [1.165, 1.54) is 16.2 Å². The quantitative estimate of drug-likeness (QED) is 0.185. The zero-order valence-corrected chi connectivity index (χ0v) is 18.8. The number of benzene rings is 4. The van der Waals surface area contributed by atoms with Crippen LogP contribution in [0.1, 0.15) is 16.5 Å². The Morgan fingerprint density at radius 1 is 0.765 bits per heavy atom. The number of hydrogen-bond acceptors (Lipinski definition) is 4. The van der Waals surface area contributed by atoms with Crippen molar-refractivity contribution in [1.82, 2.24) is 0 Å². The second kappa shape index (κ2) is 7.97. The molecule has 1 aromatic heterocycles. The summed E-state index contributed by atoms with van der Waals surface area (Å²) < 4.78 is 0. The molecule has 2 heterocycles. The van der Waals surface area contributed by atoms with Crippen molar-refractivity contribution in [3.63, 3.8) is 0 Å². The van der Waals surface area contributed by atoms with E-state index in [4.69, 9.17) is 0 Å². The van der Waals surface area contributed by atoms with Gasteiger partial charge < -0.3 is 5.11 Å². The Hall–Kier alpha value is -4.22. The number of ketones is 1. The maximum atomic E-state index is 13.4. The Bertz CT molecular complexity index is 1610. The summed E-state index contributed by atoms with van der Waals surface area (Å²) in [6.45, 7) is 0. The van der Waals surface area contributed by atoms with Gasteiger partial charge in [0.25, 0.3) is 11.7 Å². The lowest BCUT2D eigenvalue weighted by Gasteiger charge is -2.25. The molecule has 1 N–H and O–H groups in total. The lowest BCUT2D eigenvalue weighted by atomic mass is 9.98. The third kappa shape index (κ3) is 3.13. The average Bonchev–Trinajstić information content (AvgIpc) is 3.50. The molecule has 4 nitrogen and oxygen atoms in total. The Kier molecular flexibility index (Phi) is 4.78. The molecule has 1 unspecified atom stereocenters. The van der Waals surface area contributed by atoms with Crippen LogP contribution in [-0.2, 0) is 9.59 Å². The molecule has 1 saturated heterocycles. The minimum Gasteiger partial charge on any atom is -0.507 e. The SMILES string of the molecule is O=C1C(=O)N(c2cccc3ccccc23)C(c2cccs2)/C1=C(/O)c1ccc2ccccc2c1. The molecule has 34 heavy (non-hydrogen) atoms. The molecule has 1 atom stereocenters. The Morgan fingerprint density at radius 2 is 1.50 bits per heavy atom. The molecule has 1 aliphatic heterocycles. The highest BCUT2D eigenvalue weighted by Crippen LogP contribution is 2.45. The van der Waals surface area contributed by atoms with Crippen molar-refractivity contribution in [3.05, 3.63) is 118 Å². The van der Waals surface area contributed by atoms with Gasteiger partial charge in [0.05, 0.1) is 11.3 Å². The van der Waals surface area contributed by atoms with Gasteiger partial charge in [-0.25, -0.2) is 0 Å². The van der Waals surface area contributed by atoms with Crippen LogP contribution in [0.15, 0.2) is 108 Å². The highest BCUT2D eigenvalue weighted by molar-refractivity contribution is 7.10. The molecule has 6 rings (SSSR count). The fraction of sp³-hybridized carbons (Fsp3) is 0.0345. The van der Waals surface area contributed by atoms with Crippen LogP contribution in [0.3, 0.4) is 0 Å². The zero-order chi connectivity index (χ0) is 23.2. The standard InChI is InChI=1S/C29H19NO3S/c31-27(21-15-14-18-7-1-2-9-20(18)17-21)25-26(24-13-6-16-34-24)30(29(33)28(25)32)23-12-5-10-19-8-3-4-11-22(19)23/h1-17,26,31H/b27-25-. The first-order valence-electron chi connectivity index (χ1n) is 10.9. The van der Waals surface area contributed by atoms with Crippen LogP contribution in [-0.4, -0.2) is 16.8 Å². The molecular formula is C29H19NO3S. The number of thiophene rings is 1. The molecule has 1 aliphatic rings. The van der Waals surface area contributed by atoms with Gasteiger partial charge in [0, 0.05) is 15.8 Å². The molecule has 0 spiro atoms. The summed E-state index contributed by atoms with van der Waals surface area (Å²) in [6.07, 6.45) is 0. The topological polar surface area (TPSA) is 57.6 Å². The monoisotopic (exact) mass is 461 g/mol. The fourth-order valence-corrected chi connectivity index (χ4v) is 5.53. The van der Waals surface area contributed by atoms with E-state index >= 15 is 0 Å². The molecule has 4 aromatic carbocycles. The molecule has 0 radical (unpaired) electrons. The number of amides is 1. The summed E-state index contributed by atoms with van der Waals surface area (Å²) in [6, 6.07) is 29.9. The van der Waals surface area contributed by atoms with E-state index in [1.54, 1.807) is 6.07 Å².